The lowest BCUT2D eigenvalue weighted by atomic mass is 10.1. The molecular weight excluding hydrogens is 375 g/mol. The number of halogens is 3. The number of aryl methyl sites for hydroxylation is 1. The Morgan fingerprint density at radius 1 is 1.18 bits per heavy atom. The van der Waals surface area contributed by atoms with Gasteiger partial charge in [0.2, 0.25) is 0 Å². The molecule has 0 fully saturated rings. The number of ketones is 1. The molecule has 28 heavy (non-hydrogen) atoms. The third kappa shape index (κ3) is 3.83. The molecule has 146 valence electrons. The first-order valence-corrected chi connectivity index (χ1v) is 8.27. The van der Waals surface area contributed by atoms with Gasteiger partial charge in [0, 0.05) is 0 Å². The molecule has 0 spiro atoms. The fourth-order valence-electron chi connectivity index (χ4n) is 2.81. The second-order valence-corrected chi connectivity index (χ2v) is 6.10. The van der Waals surface area contributed by atoms with Crippen molar-refractivity contribution in [2.24, 2.45) is 0 Å². The van der Waals surface area contributed by atoms with Gasteiger partial charge < -0.3 is 9.73 Å². The minimum Gasteiger partial charge on any atom is -0.467 e. The second-order valence-electron chi connectivity index (χ2n) is 6.10. The van der Waals surface area contributed by atoms with Gasteiger partial charge in [0.05, 0.1) is 41.0 Å². The number of alkyl halides is 3. The zero-order valence-corrected chi connectivity index (χ0v) is 15.0. The molecule has 1 N–H and O–H groups in total. The Labute approximate surface area is 158 Å². The van der Waals surface area contributed by atoms with E-state index < -0.39 is 23.4 Å². The zero-order chi connectivity index (χ0) is 20.5. The van der Waals surface area contributed by atoms with Crippen LogP contribution in [0.5, 0.6) is 0 Å². The van der Waals surface area contributed by atoms with Crippen LogP contribution in [-0.2, 0) is 17.5 Å². The number of amides is 1. The summed E-state index contributed by atoms with van der Waals surface area (Å²) in [7, 11) is 0. The Hall–Kier alpha value is -3.36. The number of nitrogens with zero attached hydrogens (tertiary/aromatic N) is 2. The fourth-order valence-corrected chi connectivity index (χ4v) is 2.81. The van der Waals surface area contributed by atoms with E-state index in [1.54, 1.807) is 12.1 Å². The molecule has 3 rings (SSSR count). The van der Waals surface area contributed by atoms with Gasteiger partial charge in [0.25, 0.3) is 11.7 Å². The monoisotopic (exact) mass is 391 g/mol. The molecule has 9 heteroatoms. The van der Waals surface area contributed by atoms with Crippen molar-refractivity contribution in [2.75, 3.05) is 0 Å². The van der Waals surface area contributed by atoms with Gasteiger partial charge >= 0.3 is 6.18 Å². The van der Waals surface area contributed by atoms with Gasteiger partial charge in [0.15, 0.2) is 0 Å². The van der Waals surface area contributed by atoms with E-state index in [4.69, 9.17) is 4.42 Å². The van der Waals surface area contributed by atoms with Gasteiger partial charge in [-0.1, -0.05) is 6.07 Å². The van der Waals surface area contributed by atoms with Crippen molar-refractivity contribution in [3.8, 4) is 5.69 Å². The zero-order valence-electron chi connectivity index (χ0n) is 15.0. The van der Waals surface area contributed by atoms with Crippen molar-refractivity contribution in [2.45, 2.75) is 26.6 Å². The number of hydrogen-bond acceptors (Lipinski definition) is 4. The summed E-state index contributed by atoms with van der Waals surface area (Å²) in [6.45, 7) is 3.08. The number of benzene rings is 1. The Kier molecular flexibility index (Phi) is 5.08. The highest BCUT2D eigenvalue weighted by atomic mass is 19.4. The van der Waals surface area contributed by atoms with Crippen LogP contribution in [0.15, 0.2) is 47.1 Å². The highest BCUT2D eigenvalue weighted by molar-refractivity contribution is 6.43. The Morgan fingerprint density at radius 2 is 1.93 bits per heavy atom. The number of Topliss-reactive ketones (excluding diaryl/α,β-unsaturated/α-hetero) is 1. The van der Waals surface area contributed by atoms with E-state index in [0.29, 0.717) is 5.76 Å². The van der Waals surface area contributed by atoms with Crippen LogP contribution in [0.3, 0.4) is 0 Å². The highest BCUT2D eigenvalue weighted by Gasteiger charge is 2.31. The predicted octanol–water partition coefficient (Wildman–Crippen LogP) is 3.60. The van der Waals surface area contributed by atoms with Gasteiger partial charge in [-0.15, -0.1) is 0 Å². The number of rotatable bonds is 5. The summed E-state index contributed by atoms with van der Waals surface area (Å²) in [5.74, 6) is -1.19. The van der Waals surface area contributed by atoms with Gasteiger partial charge in [-0.25, -0.2) is 4.68 Å². The quantitative estimate of drug-likeness (QED) is 0.533. The topological polar surface area (TPSA) is 77.1 Å². The maximum Gasteiger partial charge on any atom is 0.416 e. The molecule has 0 aliphatic rings. The van der Waals surface area contributed by atoms with Crippen LogP contribution in [0.4, 0.5) is 13.2 Å². The molecule has 0 unspecified atom stereocenters. The van der Waals surface area contributed by atoms with E-state index in [9.17, 15) is 22.8 Å². The third-order valence-electron chi connectivity index (χ3n) is 4.15. The minimum atomic E-state index is -4.50. The first kappa shape index (κ1) is 19.4. The lowest BCUT2D eigenvalue weighted by Gasteiger charge is -2.10. The number of carbonyl (C=O) groups excluding carboxylic acids is 2. The van der Waals surface area contributed by atoms with E-state index in [-0.39, 0.29) is 29.2 Å². The average Bonchev–Trinajstić information content (AvgIpc) is 3.26. The summed E-state index contributed by atoms with van der Waals surface area (Å²) < 4.78 is 45.2. The van der Waals surface area contributed by atoms with Crippen molar-refractivity contribution in [3.05, 3.63) is 70.9 Å². The Bertz CT molecular complexity index is 1020. The lowest BCUT2D eigenvalue weighted by Crippen LogP contribution is -2.31. The number of nitrogens with one attached hydrogen (secondary N) is 1. The number of furan rings is 1. The maximum atomic E-state index is 13.0. The van der Waals surface area contributed by atoms with E-state index in [0.717, 1.165) is 12.1 Å². The standard InChI is InChI=1S/C19H16F3N3O3/c1-11-16(17(26)18(27)23-10-15-7-4-8-28-15)12(2)25(24-11)14-6-3-5-13(9-14)19(20,21)22/h3-9H,10H2,1-2H3,(H,23,27). The largest absolute Gasteiger partial charge is 0.467 e. The summed E-state index contributed by atoms with van der Waals surface area (Å²) in [6, 6.07) is 7.88. The number of hydrogen-bond donors (Lipinski definition) is 1. The van der Waals surface area contributed by atoms with Gasteiger partial charge in [-0.3, -0.25) is 9.59 Å². The van der Waals surface area contributed by atoms with Crippen LogP contribution in [-0.4, -0.2) is 21.5 Å². The maximum absolute atomic E-state index is 13.0. The molecule has 2 aromatic heterocycles. The normalized spacial score (nSPS) is 11.5. The molecule has 6 nitrogen and oxygen atoms in total. The molecule has 2 heterocycles. The molecular formula is C19H16F3N3O3. The van der Waals surface area contributed by atoms with Crippen LogP contribution >= 0.6 is 0 Å². The first-order valence-electron chi connectivity index (χ1n) is 8.27. The van der Waals surface area contributed by atoms with Gasteiger partial charge in [-0.2, -0.15) is 18.3 Å². The minimum absolute atomic E-state index is 0.0391. The second kappa shape index (κ2) is 7.34. The molecule has 0 saturated carbocycles. The van der Waals surface area contributed by atoms with Gasteiger partial charge in [-0.05, 0) is 44.2 Å². The van der Waals surface area contributed by atoms with Crippen molar-refractivity contribution < 1.29 is 27.2 Å². The molecule has 0 aliphatic carbocycles. The Balaban J connectivity index is 1.87. The predicted molar refractivity (Wildman–Crippen MR) is 92.9 cm³/mol. The van der Waals surface area contributed by atoms with Crippen molar-refractivity contribution in [1.29, 1.82) is 0 Å². The third-order valence-corrected chi connectivity index (χ3v) is 4.15. The SMILES string of the molecule is Cc1nn(-c2cccc(C(F)(F)F)c2)c(C)c1C(=O)C(=O)NCc1ccco1. The molecule has 0 radical (unpaired) electrons. The summed E-state index contributed by atoms with van der Waals surface area (Å²) in [4.78, 5) is 24.7. The van der Waals surface area contributed by atoms with Crippen molar-refractivity contribution >= 4 is 11.7 Å². The lowest BCUT2D eigenvalue weighted by molar-refractivity contribution is -0.137. The number of carbonyl (C=O) groups is 2. The van der Waals surface area contributed by atoms with E-state index >= 15 is 0 Å². The van der Waals surface area contributed by atoms with Crippen LogP contribution in [0.25, 0.3) is 5.69 Å². The van der Waals surface area contributed by atoms with E-state index in [1.807, 2.05) is 0 Å². The van der Waals surface area contributed by atoms with Crippen LogP contribution in [0.1, 0.15) is 33.1 Å². The van der Waals surface area contributed by atoms with Crippen LogP contribution < -0.4 is 5.32 Å². The summed E-state index contributed by atoms with van der Waals surface area (Å²) in [5, 5.41) is 6.59. The van der Waals surface area contributed by atoms with Crippen LogP contribution in [0.2, 0.25) is 0 Å². The summed E-state index contributed by atoms with van der Waals surface area (Å²) in [6.07, 6.45) is -3.06. The summed E-state index contributed by atoms with van der Waals surface area (Å²) in [5.41, 5.74) is -0.121. The molecule has 0 atom stereocenters. The molecule has 0 aliphatic heterocycles. The number of aromatic nitrogens is 2. The van der Waals surface area contributed by atoms with Crippen LogP contribution in [0, 0.1) is 13.8 Å². The molecule has 1 aromatic carbocycles. The fraction of sp³-hybridized carbons (Fsp3) is 0.211. The smallest absolute Gasteiger partial charge is 0.416 e. The average molecular weight is 391 g/mol. The van der Waals surface area contributed by atoms with Gasteiger partial charge in [0.1, 0.15) is 5.76 Å². The molecule has 3 aromatic rings. The van der Waals surface area contributed by atoms with E-state index in [2.05, 4.69) is 10.4 Å². The first-order chi connectivity index (χ1) is 13.2. The molecule has 0 saturated heterocycles. The molecule has 0 bridgehead atoms. The molecule has 1 amide bonds. The van der Waals surface area contributed by atoms with Crippen molar-refractivity contribution in [1.82, 2.24) is 15.1 Å². The van der Waals surface area contributed by atoms with Crippen molar-refractivity contribution in [3.63, 3.8) is 0 Å². The summed E-state index contributed by atoms with van der Waals surface area (Å²) >= 11 is 0. The Morgan fingerprint density at radius 3 is 2.57 bits per heavy atom. The highest BCUT2D eigenvalue weighted by Crippen LogP contribution is 2.30. The van der Waals surface area contributed by atoms with E-state index in [1.165, 1.54) is 36.9 Å².